The van der Waals surface area contributed by atoms with Crippen LogP contribution in [0.1, 0.15) is 28.5 Å². The molecule has 24 heavy (non-hydrogen) atoms. The molecule has 1 aromatic carbocycles. The maximum Gasteiger partial charge on any atom is 0.289 e. The van der Waals surface area contributed by atoms with E-state index in [0.29, 0.717) is 5.69 Å². The molecule has 6 heteroatoms. The molecule has 0 saturated carbocycles. The van der Waals surface area contributed by atoms with Crippen molar-refractivity contribution in [2.24, 2.45) is 5.10 Å². The molecule has 0 saturated heterocycles. The largest absolute Gasteiger partial charge is 0.289 e. The van der Waals surface area contributed by atoms with Gasteiger partial charge in [0.15, 0.2) is 0 Å². The van der Waals surface area contributed by atoms with Crippen molar-refractivity contribution >= 4 is 12.1 Å². The zero-order valence-electron chi connectivity index (χ0n) is 13.2. The van der Waals surface area contributed by atoms with E-state index in [4.69, 9.17) is 0 Å². The van der Waals surface area contributed by atoms with Crippen molar-refractivity contribution in [2.45, 2.75) is 13.3 Å². The monoisotopic (exact) mass is 319 g/mol. The van der Waals surface area contributed by atoms with Crippen molar-refractivity contribution in [3.8, 4) is 11.3 Å². The zero-order valence-corrected chi connectivity index (χ0v) is 13.2. The molecule has 2 heterocycles. The summed E-state index contributed by atoms with van der Waals surface area (Å²) in [7, 11) is 0. The van der Waals surface area contributed by atoms with E-state index in [1.807, 2.05) is 12.1 Å². The molecule has 0 aliphatic rings. The minimum Gasteiger partial charge on any atom is -0.272 e. The highest BCUT2D eigenvalue weighted by Gasteiger charge is 2.10. The van der Waals surface area contributed by atoms with Crippen LogP contribution in [-0.2, 0) is 6.42 Å². The fourth-order valence-electron chi connectivity index (χ4n) is 2.17. The first-order valence-electron chi connectivity index (χ1n) is 7.64. The molecule has 2 aromatic heterocycles. The molecule has 0 atom stereocenters. The summed E-state index contributed by atoms with van der Waals surface area (Å²) in [6.45, 7) is 2.11. The Bertz CT molecular complexity index is 837. The molecule has 2 N–H and O–H groups in total. The summed E-state index contributed by atoms with van der Waals surface area (Å²) in [5.41, 5.74) is 6.63. The van der Waals surface area contributed by atoms with Crippen LogP contribution in [0.15, 0.2) is 60.0 Å². The molecular weight excluding hydrogens is 302 g/mol. The van der Waals surface area contributed by atoms with Crippen molar-refractivity contribution in [3.63, 3.8) is 0 Å². The number of amides is 1. The lowest BCUT2D eigenvalue weighted by atomic mass is 10.1. The predicted octanol–water partition coefficient (Wildman–Crippen LogP) is 2.80. The molecule has 0 bridgehead atoms. The Labute approximate surface area is 139 Å². The summed E-state index contributed by atoms with van der Waals surface area (Å²) >= 11 is 0. The van der Waals surface area contributed by atoms with Gasteiger partial charge in [-0.05, 0) is 35.7 Å². The molecule has 6 nitrogen and oxygen atoms in total. The predicted molar refractivity (Wildman–Crippen MR) is 92.7 cm³/mol. The van der Waals surface area contributed by atoms with Crippen LogP contribution in [-0.4, -0.2) is 27.3 Å². The lowest BCUT2D eigenvalue weighted by Gasteiger charge is -1.98. The van der Waals surface area contributed by atoms with Crippen molar-refractivity contribution in [1.82, 2.24) is 20.6 Å². The third kappa shape index (κ3) is 3.73. The van der Waals surface area contributed by atoms with Gasteiger partial charge in [-0.1, -0.05) is 31.2 Å². The number of H-pyrrole nitrogens is 1. The van der Waals surface area contributed by atoms with E-state index in [9.17, 15) is 4.79 Å². The van der Waals surface area contributed by atoms with E-state index >= 15 is 0 Å². The second-order valence-electron chi connectivity index (χ2n) is 5.20. The van der Waals surface area contributed by atoms with Gasteiger partial charge in [-0.25, -0.2) is 5.43 Å². The van der Waals surface area contributed by atoms with Crippen molar-refractivity contribution in [2.75, 3.05) is 0 Å². The zero-order chi connectivity index (χ0) is 16.8. The molecular formula is C18H17N5O. The van der Waals surface area contributed by atoms with E-state index in [2.05, 4.69) is 44.8 Å². The topological polar surface area (TPSA) is 83.0 Å². The van der Waals surface area contributed by atoms with Gasteiger partial charge in [-0.2, -0.15) is 10.2 Å². The van der Waals surface area contributed by atoms with E-state index < -0.39 is 0 Å². The van der Waals surface area contributed by atoms with Crippen LogP contribution in [0.2, 0.25) is 0 Å². The van der Waals surface area contributed by atoms with Gasteiger partial charge >= 0.3 is 0 Å². The number of hydrazone groups is 1. The minimum atomic E-state index is -0.343. The molecule has 0 unspecified atom stereocenters. The first kappa shape index (κ1) is 15.6. The lowest BCUT2D eigenvalue weighted by molar-refractivity contribution is 0.0950. The van der Waals surface area contributed by atoms with Crippen LogP contribution in [0.4, 0.5) is 0 Å². The van der Waals surface area contributed by atoms with Crippen LogP contribution >= 0.6 is 0 Å². The van der Waals surface area contributed by atoms with Crippen LogP contribution in [0, 0.1) is 0 Å². The quantitative estimate of drug-likeness (QED) is 0.560. The second-order valence-corrected chi connectivity index (χ2v) is 5.20. The van der Waals surface area contributed by atoms with Crippen LogP contribution in [0.3, 0.4) is 0 Å². The smallest absolute Gasteiger partial charge is 0.272 e. The first-order chi connectivity index (χ1) is 11.8. The van der Waals surface area contributed by atoms with Gasteiger partial charge < -0.3 is 0 Å². The third-order valence-electron chi connectivity index (χ3n) is 3.57. The van der Waals surface area contributed by atoms with Gasteiger partial charge in [0.05, 0.1) is 11.9 Å². The fourth-order valence-corrected chi connectivity index (χ4v) is 2.17. The fraction of sp³-hybridized carbons (Fsp3) is 0.111. The third-order valence-corrected chi connectivity index (χ3v) is 3.57. The number of hydrogen-bond donors (Lipinski definition) is 2. The van der Waals surface area contributed by atoms with Gasteiger partial charge in [0.1, 0.15) is 5.69 Å². The summed E-state index contributed by atoms with van der Waals surface area (Å²) in [4.78, 5) is 16.0. The summed E-state index contributed by atoms with van der Waals surface area (Å²) in [6.07, 6.45) is 5.87. The second kappa shape index (κ2) is 7.32. The van der Waals surface area contributed by atoms with Gasteiger partial charge in [0.25, 0.3) is 5.91 Å². The number of aromatic nitrogens is 3. The lowest BCUT2D eigenvalue weighted by Crippen LogP contribution is -2.17. The summed E-state index contributed by atoms with van der Waals surface area (Å²) < 4.78 is 0. The highest BCUT2D eigenvalue weighted by molar-refractivity contribution is 5.94. The maximum atomic E-state index is 12.1. The van der Waals surface area contributed by atoms with Crippen LogP contribution in [0.25, 0.3) is 11.3 Å². The molecule has 3 rings (SSSR count). The number of carbonyl (C=O) groups excluding carboxylic acids is 1. The number of benzene rings is 1. The van der Waals surface area contributed by atoms with Gasteiger partial charge in [0, 0.05) is 18.0 Å². The molecule has 0 spiro atoms. The average Bonchev–Trinajstić information content (AvgIpc) is 3.13. The Hall–Kier alpha value is -3.28. The molecule has 0 aliphatic heterocycles. The van der Waals surface area contributed by atoms with Gasteiger partial charge in [0.2, 0.25) is 0 Å². The van der Waals surface area contributed by atoms with E-state index in [1.165, 1.54) is 5.56 Å². The van der Waals surface area contributed by atoms with Crippen molar-refractivity contribution < 1.29 is 4.79 Å². The molecule has 0 fully saturated rings. The highest BCUT2D eigenvalue weighted by atomic mass is 16.2. The Kier molecular flexibility index (Phi) is 4.76. The Balaban J connectivity index is 1.66. The van der Waals surface area contributed by atoms with Crippen LogP contribution < -0.4 is 5.43 Å². The van der Waals surface area contributed by atoms with Gasteiger partial charge in [-0.3, -0.25) is 14.9 Å². The molecule has 0 radical (unpaired) electrons. The average molecular weight is 319 g/mol. The van der Waals surface area contributed by atoms with Crippen molar-refractivity contribution in [1.29, 1.82) is 0 Å². The number of nitrogens with zero attached hydrogens (tertiary/aromatic N) is 3. The first-order valence-corrected chi connectivity index (χ1v) is 7.64. The number of pyridine rings is 1. The molecule has 1 amide bonds. The Morgan fingerprint density at radius 1 is 1.21 bits per heavy atom. The summed E-state index contributed by atoms with van der Waals surface area (Å²) in [5, 5.41) is 10.8. The van der Waals surface area contributed by atoms with E-state index in [0.717, 1.165) is 23.2 Å². The Morgan fingerprint density at radius 3 is 2.67 bits per heavy atom. The Morgan fingerprint density at radius 2 is 1.96 bits per heavy atom. The van der Waals surface area contributed by atoms with Crippen molar-refractivity contribution in [3.05, 3.63) is 71.7 Å². The number of carbonyl (C=O) groups is 1. The van der Waals surface area contributed by atoms with E-state index in [-0.39, 0.29) is 5.91 Å². The molecule has 3 aromatic rings. The number of rotatable bonds is 5. The summed E-state index contributed by atoms with van der Waals surface area (Å²) in [6, 6.07) is 13.4. The number of nitrogens with one attached hydrogen (secondary N) is 2. The maximum absolute atomic E-state index is 12.1. The van der Waals surface area contributed by atoms with Crippen LogP contribution in [0.5, 0.6) is 0 Å². The summed E-state index contributed by atoms with van der Waals surface area (Å²) in [5.74, 6) is -0.343. The number of aromatic amines is 1. The van der Waals surface area contributed by atoms with Gasteiger partial charge in [-0.15, -0.1) is 0 Å². The SMILES string of the molecule is CCc1ccc(-c2cc(C(=O)N/N=C\c3ccncc3)[nH]n2)cc1. The molecule has 120 valence electrons. The number of hydrogen-bond acceptors (Lipinski definition) is 4. The molecule has 0 aliphatic carbocycles. The van der Waals surface area contributed by atoms with E-state index in [1.54, 1.807) is 36.8 Å². The minimum absolute atomic E-state index is 0.343. The normalized spacial score (nSPS) is 10.9. The number of aryl methyl sites for hydroxylation is 1. The highest BCUT2D eigenvalue weighted by Crippen LogP contribution is 2.18. The standard InChI is InChI=1S/C18H17N5O/c1-2-13-3-5-15(6-4-13)16-11-17(22-21-16)18(24)23-20-12-14-7-9-19-10-8-14/h3-12H,2H2,1H3,(H,21,22)(H,23,24)/b20-12-.